The zero-order valence-corrected chi connectivity index (χ0v) is 15.9. The quantitative estimate of drug-likeness (QED) is 0.578. The van der Waals surface area contributed by atoms with Crippen LogP contribution in [0.4, 0.5) is 0 Å². The molecule has 2 bridgehead atoms. The number of carbonyl (C=O) groups is 2. The Hall–Kier alpha value is -3.38. The van der Waals surface area contributed by atoms with Crippen molar-refractivity contribution in [2.24, 2.45) is 5.73 Å². The Labute approximate surface area is 168 Å². The van der Waals surface area contributed by atoms with Crippen LogP contribution in [0.5, 0.6) is 5.75 Å². The average molecular weight is 391 g/mol. The van der Waals surface area contributed by atoms with E-state index in [2.05, 4.69) is 0 Å². The van der Waals surface area contributed by atoms with Crippen molar-refractivity contribution in [3.05, 3.63) is 89.5 Å². The molecule has 2 aliphatic rings. The summed E-state index contributed by atoms with van der Waals surface area (Å²) >= 11 is 0. The fourth-order valence-electron chi connectivity index (χ4n) is 3.92. The Bertz CT molecular complexity index is 941. The van der Waals surface area contributed by atoms with Crippen LogP contribution < -0.4 is 10.5 Å². The van der Waals surface area contributed by atoms with E-state index < -0.39 is 29.7 Å². The maximum absolute atomic E-state index is 12.7. The number of esters is 1. The van der Waals surface area contributed by atoms with Crippen LogP contribution >= 0.6 is 0 Å². The number of methoxy groups -OCH3 is 1. The number of rotatable bonds is 7. The van der Waals surface area contributed by atoms with Crippen LogP contribution in [0.1, 0.15) is 5.56 Å². The third kappa shape index (κ3) is 3.32. The van der Waals surface area contributed by atoms with Gasteiger partial charge in [-0.05, 0) is 23.8 Å². The topological polar surface area (TPSA) is 87.9 Å². The van der Waals surface area contributed by atoms with Crippen molar-refractivity contribution in [1.29, 1.82) is 0 Å². The monoisotopic (exact) mass is 391 g/mol. The Morgan fingerprint density at radius 3 is 2.38 bits per heavy atom. The first-order chi connectivity index (χ1) is 14.0. The summed E-state index contributed by atoms with van der Waals surface area (Å²) in [5.74, 6) is -0.736. The molecule has 29 heavy (non-hydrogen) atoms. The minimum atomic E-state index is -1.27. The van der Waals surface area contributed by atoms with E-state index in [1.54, 1.807) is 12.2 Å². The van der Waals surface area contributed by atoms with Gasteiger partial charge in [-0.3, -0.25) is 4.79 Å². The normalized spacial score (nSPS) is 23.1. The Balaban J connectivity index is 1.80. The van der Waals surface area contributed by atoms with Gasteiger partial charge in [0.25, 0.3) is 0 Å². The van der Waals surface area contributed by atoms with Gasteiger partial charge in [-0.25, -0.2) is 4.79 Å². The van der Waals surface area contributed by atoms with Crippen molar-refractivity contribution < 1.29 is 23.8 Å². The molecule has 1 amide bonds. The summed E-state index contributed by atoms with van der Waals surface area (Å²) in [5.41, 5.74) is 5.53. The molecular formula is C23H21NO5. The van der Waals surface area contributed by atoms with Gasteiger partial charge in [0.05, 0.1) is 18.3 Å². The van der Waals surface area contributed by atoms with E-state index in [1.807, 2.05) is 60.7 Å². The highest BCUT2D eigenvalue weighted by Gasteiger charge is 2.58. The molecule has 6 heteroatoms. The standard InChI is InChI=1S/C23H21NO5/c1-27-22(26)20-19(21(24)25)17-12-13-23(20,29-17)18(14-15-8-4-2-5-9-15)28-16-10-6-3-7-11-16/h2-13,17-18H,14H2,1H3,(H2,24,25). The van der Waals surface area contributed by atoms with E-state index in [0.29, 0.717) is 12.2 Å². The fraction of sp³-hybridized carbons (Fsp3) is 0.217. The maximum atomic E-state index is 12.7. The van der Waals surface area contributed by atoms with Gasteiger partial charge in [0.15, 0.2) is 5.60 Å². The molecular weight excluding hydrogens is 370 g/mol. The third-order valence-electron chi connectivity index (χ3n) is 5.20. The van der Waals surface area contributed by atoms with Gasteiger partial charge >= 0.3 is 5.97 Å². The number of amides is 1. The molecule has 2 aliphatic heterocycles. The van der Waals surface area contributed by atoms with Crippen molar-refractivity contribution >= 4 is 11.9 Å². The van der Waals surface area contributed by atoms with Crippen LogP contribution in [0, 0.1) is 0 Å². The second-order valence-corrected chi connectivity index (χ2v) is 6.94. The third-order valence-corrected chi connectivity index (χ3v) is 5.20. The summed E-state index contributed by atoms with van der Waals surface area (Å²) < 4.78 is 17.4. The molecule has 2 aromatic rings. The number of nitrogens with two attached hydrogens (primary N) is 1. The molecule has 6 nitrogen and oxygen atoms in total. The van der Waals surface area contributed by atoms with E-state index >= 15 is 0 Å². The predicted octanol–water partition coefficient (Wildman–Crippen LogP) is 2.34. The van der Waals surface area contributed by atoms with Crippen LogP contribution in [0.3, 0.4) is 0 Å². The fourth-order valence-corrected chi connectivity index (χ4v) is 3.92. The molecule has 2 N–H and O–H groups in total. The highest BCUT2D eigenvalue weighted by atomic mass is 16.6. The van der Waals surface area contributed by atoms with Crippen LogP contribution in [0.25, 0.3) is 0 Å². The summed E-state index contributed by atoms with van der Waals surface area (Å²) in [4.78, 5) is 24.8. The smallest absolute Gasteiger partial charge is 0.337 e. The number of hydrogen-bond donors (Lipinski definition) is 1. The van der Waals surface area contributed by atoms with Crippen LogP contribution in [-0.4, -0.2) is 36.8 Å². The number of primary amides is 1. The summed E-state index contributed by atoms with van der Waals surface area (Å²) in [6, 6.07) is 19.0. The second kappa shape index (κ2) is 7.56. The van der Waals surface area contributed by atoms with Crippen molar-refractivity contribution in [3.8, 4) is 5.75 Å². The first kappa shape index (κ1) is 19.0. The van der Waals surface area contributed by atoms with Gasteiger partial charge in [-0.15, -0.1) is 0 Å². The summed E-state index contributed by atoms with van der Waals surface area (Å²) in [5, 5.41) is 0. The maximum Gasteiger partial charge on any atom is 0.337 e. The minimum Gasteiger partial charge on any atom is -0.486 e. The molecule has 0 aromatic heterocycles. The zero-order chi connectivity index (χ0) is 20.4. The minimum absolute atomic E-state index is 0.108. The van der Waals surface area contributed by atoms with Gasteiger partial charge < -0.3 is 19.9 Å². The van der Waals surface area contributed by atoms with E-state index in [4.69, 9.17) is 19.9 Å². The van der Waals surface area contributed by atoms with Crippen molar-refractivity contribution in [2.45, 2.75) is 24.2 Å². The lowest BCUT2D eigenvalue weighted by Crippen LogP contribution is -2.48. The average Bonchev–Trinajstić information content (AvgIpc) is 3.32. The number of hydrogen-bond acceptors (Lipinski definition) is 5. The van der Waals surface area contributed by atoms with Gasteiger partial charge in [0, 0.05) is 6.42 Å². The molecule has 3 unspecified atom stereocenters. The molecule has 0 spiro atoms. The van der Waals surface area contributed by atoms with Gasteiger partial charge in [0.2, 0.25) is 5.91 Å². The van der Waals surface area contributed by atoms with Crippen molar-refractivity contribution in [3.63, 3.8) is 0 Å². The van der Waals surface area contributed by atoms with Gasteiger partial charge in [0.1, 0.15) is 18.0 Å². The summed E-state index contributed by atoms with van der Waals surface area (Å²) in [7, 11) is 1.27. The number of benzene rings is 2. The van der Waals surface area contributed by atoms with Gasteiger partial charge in [-0.2, -0.15) is 0 Å². The molecule has 0 saturated heterocycles. The lowest BCUT2D eigenvalue weighted by Gasteiger charge is -2.34. The molecule has 148 valence electrons. The molecule has 0 aliphatic carbocycles. The van der Waals surface area contributed by atoms with E-state index in [1.165, 1.54) is 7.11 Å². The Morgan fingerprint density at radius 2 is 1.76 bits per heavy atom. The SMILES string of the molecule is COC(=O)C1=C(C(N)=O)C2C=CC1(C(Cc1ccccc1)Oc1ccccc1)O2. The highest BCUT2D eigenvalue weighted by molar-refractivity contribution is 6.06. The van der Waals surface area contributed by atoms with Gasteiger partial charge in [-0.1, -0.05) is 54.6 Å². The predicted molar refractivity (Wildman–Crippen MR) is 106 cm³/mol. The number of ether oxygens (including phenoxy) is 3. The molecule has 4 rings (SSSR count). The van der Waals surface area contributed by atoms with Crippen molar-refractivity contribution in [1.82, 2.24) is 0 Å². The van der Waals surface area contributed by atoms with Crippen molar-refractivity contribution in [2.75, 3.05) is 7.11 Å². The molecule has 2 heterocycles. The van der Waals surface area contributed by atoms with E-state index in [0.717, 1.165) is 5.56 Å². The molecule has 0 saturated carbocycles. The van der Waals surface area contributed by atoms with E-state index in [-0.39, 0.29) is 11.1 Å². The number of para-hydroxylation sites is 1. The van der Waals surface area contributed by atoms with Crippen LogP contribution in [-0.2, 0) is 25.5 Å². The Morgan fingerprint density at radius 1 is 1.10 bits per heavy atom. The molecule has 0 radical (unpaired) electrons. The zero-order valence-electron chi connectivity index (χ0n) is 15.9. The largest absolute Gasteiger partial charge is 0.486 e. The number of carbonyl (C=O) groups excluding carboxylic acids is 2. The lowest BCUT2D eigenvalue weighted by molar-refractivity contribution is -0.139. The highest BCUT2D eigenvalue weighted by Crippen LogP contribution is 2.47. The molecule has 0 fully saturated rings. The van der Waals surface area contributed by atoms with Crippen LogP contribution in [0.2, 0.25) is 0 Å². The molecule has 3 atom stereocenters. The first-order valence-electron chi connectivity index (χ1n) is 9.30. The van der Waals surface area contributed by atoms with Crippen LogP contribution in [0.15, 0.2) is 84.0 Å². The number of fused-ring (bicyclic) bond motifs is 2. The summed E-state index contributed by atoms with van der Waals surface area (Å²) in [6.45, 7) is 0. The lowest BCUT2D eigenvalue weighted by atomic mass is 9.80. The Kier molecular flexibility index (Phi) is 4.94. The molecule has 2 aromatic carbocycles. The summed E-state index contributed by atoms with van der Waals surface area (Å²) in [6.07, 6.45) is 2.63. The second-order valence-electron chi connectivity index (χ2n) is 6.94. The first-order valence-corrected chi connectivity index (χ1v) is 9.30. The van der Waals surface area contributed by atoms with E-state index in [9.17, 15) is 9.59 Å².